The molecule has 1 unspecified atom stereocenters. The summed E-state index contributed by atoms with van der Waals surface area (Å²) in [5.74, 6) is -0.951. The van der Waals surface area contributed by atoms with Crippen molar-refractivity contribution in [1.82, 2.24) is 14.7 Å². The Morgan fingerprint density at radius 1 is 1.21 bits per heavy atom. The number of carboxylic acid groups (broad SMARTS) is 1. The lowest BCUT2D eigenvalue weighted by atomic mass is 9.90. The molecule has 7 nitrogen and oxygen atoms in total. The maximum absolute atomic E-state index is 13.2. The summed E-state index contributed by atoms with van der Waals surface area (Å²) in [5, 5.41) is 14.8. The molecule has 1 atom stereocenters. The number of fused-ring (bicyclic) bond motifs is 1. The summed E-state index contributed by atoms with van der Waals surface area (Å²) in [4.78, 5) is 39.0. The highest BCUT2D eigenvalue weighted by Crippen LogP contribution is 2.59. The van der Waals surface area contributed by atoms with Crippen LogP contribution in [0.3, 0.4) is 0 Å². The van der Waals surface area contributed by atoms with E-state index in [4.69, 9.17) is 0 Å². The highest BCUT2D eigenvalue weighted by molar-refractivity contribution is 6.04. The maximum Gasteiger partial charge on any atom is 0.307 e. The van der Waals surface area contributed by atoms with Gasteiger partial charge < -0.3 is 10.0 Å². The van der Waals surface area contributed by atoms with Crippen LogP contribution < -0.4 is 5.56 Å². The quantitative estimate of drug-likeness (QED) is 0.875. The zero-order valence-electron chi connectivity index (χ0n) is 16.2. The molecule has 148 valence electrons. The lowest BCUT2D eigenvalue weighted by Gasteiger charge is -2.32. The van der Waals surface area contributed by atoms with Gasteiger partial charge in [0.05, 0.1) is 11.3 Å². The zero-order chi connectivity index (χ0) is 20.1. The molecule has 2 heterocycles. The Kier molecular flexibility index (Phi) is 4.48. The molecule has 1 aromatic heterocycles. The highest BCUT2D eigenvalue weighted by Gasteiger charge is 2.59. The van der Waals surface area contributed by atoms with Gasteiger partial charge in [-0.05, 0) is 36.7 Å². The molecule has 1 aliphatic heterocycles. The van der Waals surface area contributed by atoms with E-state index in [0.717, 1.165) is 0 Å². The molecular formula is C21H25N3O4. The van der Waals surface area contributed by atoms with Gasteiger partial charge >= 0.3 is 5.97 Å². The van der Waals surface area contributed by atoms with Crippen LogP contribution in [0.2, 0.25) is 0 Å². The van der Waals surface area contributed by atoms with Crippen molar-refractivity contribution in [2.75, 3.05) is 13.1 Å². The van der Waals surface area contributed by atoms with E-state index in [1.54, 1.807) is 29.2 Å². The molecule has 2 fully saturated rings. The van der Waals surface area contributed by atoms with Crippen LogP contribution in [0.5, 0.6) is 0 Å². The molecule has 7 heteroatoms. The van der Waals surface area contributed by atoms with Crippen molar-refractivity contribution in [3.05, 3.63) is 40.3 Å². The number of aliphatic carboxylic acids is 1. The first-order valence-corrected chi connectivity index (χ1v) is 9.84. The van der Waals surface area contributed by atoms with Crippen LogP contribution >= 0.6 is 0 Å². The van der Waals surface area contributed by atoms with Crippen molar-refractivity contribution in [3.8, 4) is 0 Å². The average molecular weight is 383 g/mol. The van der Waals surface area contributed by atoms with Crippen molar-refractivity contribution < 1.29 is 14.7 Å². The van der Waals surface area contributed by atoms with Crippen LogP contribution in [0.4, 0.5) is 0 Å². The first-order chi connectivity index (χ1) is 13.3. The Morgan fingerprint density at radius 2 is 1.86 bits per heavy atom. The van der Waals surface area contributed by atoms with E-state index in [1.807, 2.05) is 13.8 Å². The Balaban J connectivity index is 1.64. The number of hydrogen-bond donors (Lipinski definition) is 1. The molecule has 0 bridgehead atoms. The predicted octanol–water partition coefficient (Wildman–Crippen LogP) is 2.38. The van der Waals surface area contributed by atoms with Gasteiger partial charge in [-0.25, -0.2) is 4.68 Å². The summed E-state index contributed by atoms with van der Waals surface area (Å²) in [6, 6.07) is 7.10. The van der Waals surface area contributed by atoms with Gasteiger partial charge in [-0.15, -0.1) is 0 Å². The minimum Gasteiger partial charge on any atom is -0.481 e. The summed E-state index contributed by atoms with van der Waals surface area (Å²) in [6.45, 7) is 5.52. The molecule has 2 aliphatic rings. The first kappa shape index (κ1) is 18.7. The normalized spacial score (nSPS) is 20.7. The second-order valence-electron chi connectivity index (χ2n) is 8.52. The van der Waals surface area contributed by atoms with Crippen LogP contribution in [-0.2, 0) is 11.3 Å². The second-order valence-corrected chi connectivity index (χ2v) is 8.52. The topological polar surface area (TPSA) is 92.5 Å². The van der Waals surface area contributed by atoms with Crippen molar-refractivity contribution >= 4 is 22.6 Å². The van der Waals surface area contributed by atoms with Gasteiger partial charge in [0.15, 0.2) is 5.69 Å². The smallest absolute Gasteiger partial charge is 0.307 e. The molecular weight excluding hydrogens is 358 g/mol. The van der Waals surface area contributed by atoms with Crippen molar-refractivity contribution in [3.63, 3.8) is 0 Å². The Morgan fingerprint density at radius 3 is 2.43 bits per heavy atom. The van der Waals surface area contributed by atoms with Gasteiger partial charge in [0.2, 0.25) is 0 Å². The van der Waals surface area contributed by atoms with E-state index < -0.39 is 5.97 Å². The molecule has 1 saturated heterocycles. The van der Waals surface area contributed by atoms with Gasteiger partial charge in [0.25, 0.3) is 11.5 Å². The SMILES string of the molecule is CC(C)Cn1nc(C(=O)N2CCC3(CC2)CC3C(=O)O)c2ccccc2c1=O. The van der Waals surface area contributed by atoms with Crippen LogP contribution in [0.15, 0.2) is 29.1 Å². The van der Waals surface area contributed by atoms with Crippen LogP contribution in [0.1, 0.15) is 43.6 Å². The number of likely N-dealkylation sites (tertiary alicyclic amines) is 1. The maximum atomic E-state index is 13.2. The molecule has 28 heavy (non-hydrogen) atoms. The number of aromatic nitrogens is 2. The molecule has 1 saturated carbocycles. The molecule has 1 N–H and O–H groups in total. The fraction of sp³-hybridized carbons (Fsp3) is 0.524. The second kappa shape index (κ2) is 6.72. The Bertz CT molecular complexity index is 1000. The van der Waals surface area contributed by atoms with Gasteiger partial charge in [-0.2, -0.15) is 5.10 Å². The van der Waals surface area contributed by atoms with Gasteiger partial charge in [0.1, 0.15) is 0 Å². The number of amides is 1. The highest BCUT2D eigenvalue weighted by atomic mass is 16.4. The minimum absolute atomic E-state index is 0.130. The largest absolute Gasteiger partial charge is 0.481 e. The van der Waals surface area contributed by atoms with E-state index >= 15 is 0 Å². The van der Waals surface area contributed by atoms with E-state index in [9.17, 15) is 19.5 Å². The van der Waals surface area contributed by atoms with E-state index in [1.165, 1.54) is 4.68 Å². The summed E-state index contributed by atoms with van der Waals surface area (Å²) < 4.78 is 1.40. The fourth-order valence-electron chi connectivity index (χ4n) is 4.42. The zero-order valence-corrected chi connectivity index (χ0v) is 16.2. The van der Waals surface area contributed by atoms with E-state index in [0.29, 0.717) is 55.4 Å². The lowest BCUT2D eigenvalue weighted by molar-refractivity contribution is -0.139. The van der Waals surface area contributed by atoms with E-state index in [-0.39, 0.29) is 28.7 Å². The summed E-state index contributed by atoms with van der Waals surface area (Å²) in [5.41, 5.74) is -0.00717. The number of carbonyl (C=O) groups is 2. The van der Waals surface area contributed by atoms with Crippen molar-refractivity contribution in [2.24, 2.45) is 17.3 Å². The molecule has 1 aromatic carbocycles. The van der Waals surface area contributed by atoms with Gasteiger partial charge in [0, 0.05) is 25.0 Å². The number of nitrogens with zero attached hydrogens (tertiary/aromatic N) is 3. The van der Waals surface area contributed by atoms with Crippen molar-refractivity contribution in [2.45, 2.75) is 39.7 Å². The predicted molar refractivity (Wildman–Crippen MR) is 104 cm³/mol. The van der Waals surface area contributed by atoms with Crippen LogP contribution in [0, 0.1) is 17.3 Å². The number of carbonyl (C=O) groups excluding carboxylic acids is 1. The van der Waals surface area contributed by atoms with Gasteiger partial charge in [-0.3, -0.25) is 14.4 Å². The van der Waals surface area contributed by atoms with Crippen LogP contribution in [-0.4, -0.2) is 44.8 Å². The third-order valence-electron chi connectivity index (χ3n) is 6.14. The number of piperidine rings is 1. The number of benzene rings is 1. The molecule has 0 radical (unpaired) electrons. The number of rotatable bonds is 4. The molecule has 1 amide bonds. The molecule has 1 spiro atoms. The molecule has 4 rings (SSSR count). The average Bonchev–Trinajstić information content (AvgIpc) is 3.37. The monoisotopic (exact) mass is 383 g/mol. The van der Waals surface area contributed by atoms with Crippen LogP contribution in [0.25, 0.3) is 10.8 Å². The summed E-state index contributed by atoms with van der Waals surface area (Å²) in [6.07, 6.45) is 2.13. The first-order valence-electron chi connectivity index (χ1n) is 9.84. The van der Waals surface area contributed by atoms with Crippen molar-refractivity contribution in [1.29, 1.82) is 0 Å². The third-order valence-corrected chi connectivity index (χ3v) is 6.14. The summed E-state index contributed by atoms with van der Waals surface area (Å²) >= 11 is 0. The van der Waals surface area contributed by atoms with Gasteiger partial charge in [-0.1, -0.05) is 32.0 Å². The molecule has 1 aliphatic carbocycles. The van der Waals surface area contributed by atoms with E-state index in [2.05, 4.69) is 5.10 Å². The summed E-state index contributed by atoms with van der Waals surface area (Å²) in [7, 11) is 0. The number of hydrogen-bond acceptors (Lipinski definition) is 4. The molecule has 2 aromatic rings. The Labute approximate surface area is 163 Å². The number of carboxylic acids is 1. The Hall–Kier alpha value is -2.70. The third kappa shape index (κ3) is 3.08. The standard InChI is InChI=1S/C21H25N3O4/c1-13(2)12-24-18(25)15-6-4-3-5-14(15)17(22-24)19(26)23-9-7-21(8-10-23)11-16(21)20(27)28/h3-6,13,16H,7-12H2,1-2H3,(H,27,28). The minimum atomic E-state index is -0.729. The fourth-order valence-corrected chi connectivity index (χ4v) is 4.42. The lowest BCUT2D eigenvalue weighted by Crippen LogP contribution is -2.41.